The van der Waals surface area contributed by atoms with Crippen molar-refractivity contribution in [3.05, 3.63) is 65.5 Å². The van der Waals surface area contributed by atoms with Gasteiger partial charge in [0.1, 0.15) is 5.82 Å². The maximum atomic E-state index is 14.0. The van der Waals surface area contributed by atoms with Gasteiger partial charge in [-0.15, -0.1) is 0 Å². The van der Waals surface area contributed by atoms with E-state index in [2.05, 4.69) is 10.3 Å². The molecule has 0 radical (unpaired) electrons. The van der Waals surface area contributed by atoms with Crippen LogP contribution in [0, 0.1) is 5.82 Å². The van der Waals surface area contributed by atoms with Crippen molar-refractivity contribution in [1.29, 1.82) is 0 Å². The van der Waals surface area contributed by atoms with Crippen molar-refractivity contribution < 1.29 is 19.1 Å². The minimum Gasteiger partial charge on any atom is -0.389 e. The number of hydrogen-bond donors (Lipinski definition) is 2. The molecule has 2 N–H and O–H groups in total. The summed E-state index contributed by atoms with van der Waals surface area (Å²) in [7, 11) is 1.39. The molecule has 1 aliphatic rings. The molecule has 1 amide bonds. The lowest BCUT2D eigenvalue weighted by molar-refractivity contribution is -0.0162. The molecule has 0 spiro atoms. The van der Waals surface area contributed by atoms with Gasteiger partial charge in [0.2, 0.25) is 0 Å². The molecular formula is C20H23FN2O3. The second kappa shape index (κ2) is 7.85. The molecule has 0 saturated carbocycles. The average Bonchev–Trinajstić information content (AvgIpc) is 2.64. The quantitative estimate of drug-likeness (QED) is 0.807. The van der Waals surface area contributed by atoms with E-state index in [1.807, 2.05) is 30.3 Å². The second-order valence-electron chi connectivity index (χ2n) is 6.68. The van der Waals surface area contributed by atoms with Crippen molar-refractivity contribution in [2.45, 2.75) is 24.9 Å². The first-order valence-electron chi connectivity index (χ1n) is 8.65. The first-order valence-corrected chi connectivity index (χ1v) is 8.65. The lowest BCUT2D eigenvalue weighted by atomic mass is 9.85. The lowest BCUT2D eigenvalue weighted by Crippen LogP contribution is -2.47. The Bertz CT molecular complexity index is 759. The molecule has 6 heteroatoms. The molecule has 2 aromatic rings. The highest BCUT2D eigenvalue weighted by Gasteiger charge is 2.34. The number of rotatable bonds is 5. The molecule has 0 bridgehead atoms. The van der Waals surface area contributed by atoms with Crippen LogP contribution in [0.5, 0.6) is 0 Å². The SMILES string of the molecule is CONc1ccc(C(=O)N2CCC(O)(Cc3ccccc3)CC2)cc1F. The maximum absolute atomic E-state index is 14.0. The zero-order chi connectivity index (χ0) is 18.6. The number of amides is 1. The van der Waals surface area contributed by atoms with Crippen LogP contribution < -0.4 is 5.48 Å². The highest BCUT2D eigenvalue weighted by molar-refractivity contribution is 5.94. The number of aliphatic hydroxyl groups is 1. The summed E-state index contributed by atoms with van der Waals surface area (Å²) >= 11 is 0. The summed E-state index contributed by atoms with van der Waals surface area (Å²) < 4.78 is 14.0. The largest absolute Gasteiger partial charge is 0.389 e. The van der Waals surface area contributed by atoms with Gasteiger partial charge in [0, 0.05) is 25.1 Å². The number of carbonyl (C=O) groups excluding carboxylic acids is 1. The van der Waals surface area contributed by atoms with E-state index < -0.39 is 11.4 Å². The molecular weight excluding hydrogens is 335 g/mol. The van der Waals surface area contributed by atoms with E-state index in [4.69, 9.17) is 0 Å². The fourth-order valence-electron chi connectivity index (χ4n) is 3.30. The van der Waals surface area contributed by atoms with Crippen LogP contribution in [0.25, 0.3) is 0 Å². The number of carbonyl (C=O) groups is 1. The molecule has 0 aromatic heterocycles. The monoisotopic (exact) mass is 358 g/mol. The van der Waals surface area contributed by atoms with Crippen LogP contribution in [0.15, 0.2) is 48.5 Å². The summed E-state index contributed by atoms with van der Waals surface area (Å²) in [6.45, 7) is 0.893. The first-order chi connectivity index (χ1) is 12.5. The normalized spacial score (nSPS) is 16.3. The Hall–Kier alpha value is -2.44. The number of benzene rings is 2. The molecule has 0 unspecified atom stereocenters. The number of hydrogen-bond acceptors (Lipinski definition) is 4. The molecule has 1 heterocycles. The van der Waals surface area contributed by atoms with E-state index >= 15 is 0 Å². The number of nitrogens with zero attached hydrogens (tertiary/aromatic N) is 1. The van der Waals surface area contributed by atoms with Crippen LogP contribution in [-0.4, -0.2) is 41.7 Å². The molecule has 1 fully saturated rings. The van der Waals surface area contributed by atoms with Crippen molar-refractivity contribution in [3.8, 4) is 0 Å². The maximum Gasteiger partial charge on any atom is 0.253 e. The summed E-state index contributed by atoms with van der Waals surface area (Å²) in [5, 5.41) is 10.8. The number of halogens is 1. The third-order valence-corrected chi connectivity index (χ3v) is 4.79. The summed E-state index contributed by atoms with van der Waals surface area (Å²) in [6.07, 6.45) is 1.57. The number of anilines is 1. The van der Waals surface area contributed by atoms with Crippen LogP contribution in [0.4, 0.5) is 10.1 Å². The smallest absolute Gasteiger partial charge is 0.253 e. The molecule has 0 atom stereocenters. The highest BCUT2D eigenvalue weighted by atomic mass is 19.1. The summed E-state index contributed by atoms with van der Waals surface area (Å²) in [5.41, 5.74) is 3.16. The number of nitrogens with one attached hydrogen (secondary N) is 1. The predicted molar refractivity (Wildman–Crippen MR) is 97.3 cm³/mol. The van der Waals surface area contributed by atoms with Gasteiger partial charge in [0.05, 0.1) is 18.4 Å². The van der Waals surface area contributed by atoms with Crippen LogP contribution >= 0.6 is 0 Å². The van der Waals surface area contributed by atoms with Crippen LogP contribution in [0.2, 0.25) is 0 Å². The van der Waals surface area contributed by atoms with Crippen LogP contribution in [0.3, 0.4) is 0 Å². The third-order valence-electron chi connectivity index (χ3n) is 4.79. The minimum atomic E-state index is -0.810. The van der Waals surface area contributed by atoms with Gasteiger partial charge in [-0.1, -0.05) is 30.3 Å². The van der Waals surface area contributed by atoms with Gasteiger partial charge in [-0.25, -0.2) is 4.39 Å². The van der Waals surface area contributed by atoms with E-state index in [0.717, 1.165) is 5.56 Å². The number of piperidine rings is 1. The van der Waals surface area contributed by atoms with Crippen LogP contribution in [0.1, 0.15) is 28.8 Å². The molecule has 1 saturated heterocycles. The van der Waals surface area contributed by atoms with Gasteiger partial charge >= 0.3 is 0 Å². The van der Waals surface area contributed by atoms with Crippen molar-refractivity contribution in [3.63, 3.8) is 0 Å². The van der Waals surface area contributed by atoms with Crippen LogP contribution in [-0.2, 0) is 11.3 Å². The number of likely N-dealkylation sites (tertiary alicyclic amines) is 1. The van der Waals surface area contributed by atoms with E-state index in [0.29, 0.717) is 32.4 Å². The Morgan fingerprint density at radius 1 is 1.23 bits per heavy atom. The Kier molecular flexibility index (Phi) is 5.54. The third kappa shape index (κ3) is 4.20. The van der Waals surface area contributed by atoms with E-state index in [1.165, 1.54) is 19.2 Å². The standard InChI is InChI=1S/C20H23FN2O3/c1-26-22-18-8-7-16(13-17(18)21)19(24)23-11-9-20(25,10-12-23)14-15-5-3-2-4-6-15/h2-8,13,22,25H,9-12,14H2,1H3. The molecule has 5 nitrogen and oxygen atoms in total. The fourth-order valence-corrected chi connectivity index (χ4v) is 3.30. The van der Waals surface area contributed by atoms with Gasteiger partial charge in [0.25, 0.3) is 5.91 Å². The molecule has 3 rings (SSSR count). The Morgan fingerprint density at radius 2 is 1.92 bits per heavy atom. The van der Waals surface area contributed by atoms with E-state index in [9.17, 15) is 14.3 Å². The molecule has 0 aliphatic carbocycles. The minimum absolute atomic E-state index is 0.180. The Morgan fingerprint density at radius 3 is 2.54 bits per heavy atom. The summed E-state index contributed by atoms with van der Waals surface area (Å²) in [6, 6.07) is 14.1. The van der Waals surface area contributed by atoms with Crippen molar-refractivity contribution >= 4 is 11.6 Å². The van der Waals surface area contributed by atoms with E-state index in [-0.39, 0.29) is 17.2 Å². The molecule has 1 aliphatic heterocycles. The summed E-state index contributed by atoms with van der Waals surface area (Å²) in [5.74, 6) is -0.773. The van der Waals surface area contributed by atoms with E-state index in [1.54, 1.807) is 11.0 Å². The van der Waals surface area contributed by atoms with Crippen molar-refractivity contribution in [2.24, 2.45) is 0 Å². The molecule has 138 valence electrons. The highest BCUT2D eigenvalue weighted by Crippen LogP contribution is 2.27. The van der Waals surface area contributed by atoms with Gasteiger partial charge < -0.3 is 10.0 Å². The van der Waals surface area contributed by atoms with Gasteiger partial charge in [0.15, 0.2) is 0 Å². The van der Waals surface area contributed by atoms with Gasteiger partial charge in [-0.3, -0.25) is 15.1 Å². The fraction of sp³-hybridized carbons (Fsp3) is 0.350. The molecule has 26 heavy (non-hydrogen) atoms. The van der Waals surface area contributed by atoms with Gasteiger partial charge in [-0.2, -0.15) is 0 Å². The summed E-state index contributed by atoms with van der Waals surface area (Å²) in [4.78, 5) is 19.0. The predicted octanol–water partition coefficient (Wildman–Crippen LogP) is 3.01. The zero-order valence-corrected chi connectivity index (χ0v) is 14.7. The Balaban J connectivity index is 1.62. The molecule has 2 aromatic carbocycles. The Labute approximate surface area is 152 Å². The second-order valence-corrected chi connectivity index (χ2v) is 6.68. The zero-order valence-electron chi connectivity index (χ0n) is 14.7. The van der Waals surface area contributed by atoms with Crippen molar-refractivity contribution in [1.82, 2.24) is 4.90 Å². The van der Waals surface area contributed by atoms with Crippen molar-refractivity contribution in [2.75, 3.05) is 25.7 Å². The topological polar surface area (TPSA) is 61.8 Å². The first kappa shape index (κ1) is 18.4. The average molecular weight is 358 g/mol. The van der Waals surface area contributed by atoms with Gasteiger partial charge in [-0.05, 0) is 36.6 Å². The lowest BCUT2D eigenvalue weighted by Gasteiger charge is -2.38.